The zero-order valence-corrected chi connectivity index (χ0v) is 9.23. The second-order valence-corrected chi connectivity index (χ2v) is 9.58. The summed E-state index contributed by atoms with van der Waals surface area (Å²) in [6.45, 7) is 11.7. The average molecular weight is 166 g/mol. The fourth-order valence-electron chi connectivity index (χ4n) is 1.77. The van der Waals surface area contributed by atoms with E-state index in [9.17, 15) is 0 Å². The largest absolute Gasteiger partial charge is 0.0784 e. The molecule has 1 heteroatoms. The van der Waals surface area contributed by atoms with Gasteiger partial charge in [0.15, 0.2) is 0 Å². The summed E-state index contributed by atoms with van der Waals surface area (Å²) in [7, 11) is -1.04. The molecule has 0 aliphatic heterocycles. The quantitative estimate of drug-likeness (QED) is 0.524. The molecule has 0 nitrogen and oxygen atoms in total. The fourth-order valence-corrected chi connectivity index (χ4v) is 3.80. The number of allylic oxidation sites excluding steroid dienone is 4. The molecule has 0 aromatic heterocycles. The van der Waals surface area contributed by atoms with Crippen LogP contribution in [0.2, 0.25) is 19.6 Å². The molecule has 0 aromatic rings. The van der Waals surface area contributed by atoms with Gasteiger partial charge in [0.25, 0.3) is 0 Å². The van der Waals surface area contributed by atoms with Crippen molar-refractivity contribution in [3.8, 4) is 0 Å². The molecular formula is C10H18Si. The SMILES string of the molecule is CC1=CC(C)C=C1[Si](C)(C)C. The molecule has 0 fully saturated rings. The monoisotopic (exact) mass is 166 g/mol. The Labute approximate surface area is 71.0 Å². The van der Waals surface area contributed by atoms with E-state index in [0.717, 1.165) is 0 Å². The first-order chi connectivity index (χ1) is 4.91. The minimum Gasteiger partial charge on any atom is -0.0784 e. The van der Waals surface area contributed by atoms with Gasteiger partial charge in [-0.25, -0.2) is 0 Å². The van der Waals surface area contributed by atoms with Crippen LogP contribution >= 0.6 is 0 Å². The van der Waals surface area contributed by atoms with Crippen molar-refractivity contribution >= 4 is 8.07 Å². The molecule has 1 rings (SSSR count). The highest BCUT2D eigenvalue weighted by Crippen LogP contribution is 2.30. The molecule has 1 aliphatic carbocycles. The summed E-state index contributed by atoms with van der Waals surface area (Å²) in [6.07, 6.45) is 4.80. The highest BCUT2D eigenvalue weighted by Gasteiger charge is 2.24. The molecule has 0 spiro atoms. The third-order valence-corrected chi connectivity index (χ3v) is 4.35. The molecule has 0 saturated carbocycles. The minimum absolute atomic E-state index is 0.678. The van der Waals surface area contributed by atoms with Gasteiger partial charge in [-0.05, 0) is 12.8 Å². The zero-order chi connectivity index (χ0) is 8.65. The van der Waals surface area contributed by atoms with Gasteiger partial charge in [0.2, 0.25) is 0 Å². The smallest absolute Gasteiger partial charge is 0.0775 e. The van der Waals surface area contributed by atoms with Gasteiger partial charge in [-0.1, -0.05) is 49.5 Å². The van der Waals surface area contributed by atoms with Crippen LogP contribution in [0.25, 0.3) is 0 Å². The second kappa shape index (κ2) is 2.63. The van der Waals surface area contributed by atoms with E-state index in [1.165, 1.54) is 5.57 Å². The third-order valence-electron chi connectivity index (χ3n) is 2.18. The van der Waals surface area contributed by atoms with Crippen molar-refractivity contribution in [2.45, 2.75) is 33.5 Å². The van der Waals surface area contributed by atoms with E-state index in [-0.39, 0.29) is 0 Å². The summed E-state index contributed by atoms with van der Waals surface area (Å²) in [6, 6.07) is 0. The zero-order valence-electron chi connectivity index (χ0n) is 8.23. The van der Waals surface area contributed by atoms with Crippen LogP contribution in [-0.2, 0) is 0 Å². The van der Waals surface area contributed by atoms with Crippen LogP contribution in [0.4, 0.5) is 0 Å². The van der Waals surface area contributed by atoms with Gasteiger partial charge < -0.3 is 0 Å². The number of rotatable bonds is 1. The van der Waals surface area contributed by atoms with Crippen molar-refractivity contribution in [1.29, 1.82) is 0 Å². The van der Waals surface area contributed by atoms with Crippen LogP contribution < -0.4 is 0 Å². The summed E-state index contributed by atoms with van der Waals surface area (Å²) in [5, 5.41) is 1.66. The Morgan fingerprint density at radius 1 is 1.18 bits per heavy atom. The van der Waals surface area contributed by atoms with Gasteiger partial charge in [-0.3, -0.25) is 0 Å². The van der Waals surface area contributed by atoms with Crippen LogP contribution in [0, 0.1) is 5.92 Å². The van der Waals surface area contributed by atoms with Crippen LogP contribution in [0.3, 0.4) is 0 Å². The van der Waals surface area contributed by atoms with E-state index in [0.29, 0.717) is 5.92 Å². The first-order valence-electron chi connectivity index (χ1n) is 4.32. The van der Waals surface area contributed by atoms with Crippen LogP contribution in [-0.4, -0.2) is 8.07 Å². The van der Waals surface area contributed by atoms with E-state index >= 15 is 0 Å². The Balaban J connectivity index is 2.92. The van der Waals surface area contributed by atoms with Crippen LogP contribution in [0.15, 0.2) is 22.9 Å². The lowest BCUT2D eigenvalue weighted by Gasteiger charge is -2.19. The van der Waals surface area contributed by atoms with Crippen molar-refractivity contribution in [2.24, 2.45) is 5.92 Å². The summed E-state index contributed by atoms with van der Waals surface area (Å²) >= 11 is 0. The number of hydrogen-bond donors (Lipinski definition) is 0. The van der Waals surface area contributed by atoms with Gasteiger partial charge in [-0.15, -0.1) is 0 Å². The van der Waals surface area contributed by atoms with Crippen molar-refractivity contribution in [3.05, 3.63) is 22.9 Å². The fraction of sp³-hybridized carbons (Fsp3) is 0.600. The average Bonchev–Trinajstić information content (AvgIpc) is 2.08. The van der Waals surface area contributed by atoms with E-state index < -0.39 is 8.07 Å². The topological polar surface area (TPSA) is 0 Å². The van der Waals surface area contributed by atoms with Crippen molar-refractivity contribution < 1.29 is 0 Å². The molecule has 0 radical (unpaired) electrons. The van der Waals surface area contributed by atoms with Gasteiger partial charge in [0.1, 0.15) is 0 Å². The van der Waals surface area contributed by atoms with Crippen LogP contribution in [0.1, 0.15) is 13.8 Å². The molecule has 0 saturated heterocycles. The molecule has 62 valence electrons. The lowest BCUT2D eigenvalue weighted by molar-refractivity contribution is 0.954. The molecule has 0 bridgehead atoms. The molecule has 11 heavy (non-hydrogen) atoms. The standard InChI is InChI=1S/C10H18Si/c1-8-6-9(2)10(7-8)11(3,4)5/h6-8H,1-5H3. The predicted molar refractivity (Wildman–Crippen MR) is 54.4 cm³/mol. The molecule has 0 amide bonds. The summed E-state index contributed by atoms with van der Waals surface area (Å²) in [5.41, 5.74) is 1.52. The van der Waals surface area contributed by atoms with E-state index in [1.807, 2.05) is 0 Å². The first-order valence-corrected chi connectivity index (χ1v) is 7.82. The summed E-state index contributed by atoms with van der Waals surface area (Å²) < 4.78 is 0. The lowest BCUT2D eigenvalue weighted by Crippen LogP contribution is -2.23. The molecular weight excluding hydrogens is 148 g/mol. The van der Waals surface area contributed by atoms with Crippen molar-refractivity contribution in [1.82, 2.24) is 0 Å². The normalized spacial score (nSPS) is 25.0. The van der Waals surface area contributed by atoms with Crippen molar-refractivity contribution in [2.75, 3.05) is 0 Å². The predicted octanol–water partition coefficient (Wildman–Crippen LogP) is 3.39. The van der Waals surface area contributed by atoms with Gasteiger partial charge in [0, 0.05) is 0 Å². The maximum absolute atomic E-state index is 2.43. The molecule has 1 unspecified atom stereocenters. The number of hydrogen-bond acceptors (Lipinski definition) is 0. The minimum atomic E-state index is -1.04. The van der Waals surface area contributed by atoms with E-state index in [1.54, 1.807) is 5.20 Å². The van der Waals surface area contributed by atoms with Gasteiger partial charge in [0.05, 0.1) is 8.07 Å². The van der Waals surface area contributed by atoms with Gasteiger partial charge in [-0.2, -0.15) is 0 Å². The Kier molecular flexibility index (Phi) is 2.10. The first kappa shape index (κ1) is 8.79. The third kappa shape index (κ3) is 1.83. The highest BCUT2D eigenvalue weighted by molar-refractivity contribution is 6.84. The maximum Gasteiger partial charge on any atom is 0.0775 e. The maximum atomic E-state index is 2.43. The molecule has 0 aromatic carbocycles. The molecule has 1 aliphatic rings. The molecule has 1 atom stereocenters. The van der Waals surface area contributed by atoms with E-state index in [4.69, 9.17) is 0 Å². The lowest BCUT2D eigenvalue weighted by atomic mass is 10.2. The summed E-state index contributed by atoms with van der Waals surface area (Å²) in [5.74, 6) is 0.678. The van der Waals surface area contributed by atoms with Crippen LogP contribution in [0.5, 0.6) is 0 Å². The molecule has 0 heterocycles. The Morgan fingerprint density at radius 3 is 1.91 bits per heavy atom. The second-order valence-electron chi connectivity index (χ2n) is 4.54. The Hall–Kier alpha value is -0.303. The highest BCUT2D eigenvalue weighted by atomic mass is 28.3. The van der Waals surface area contributed by atoms with E-state index in [2.05, 4.69) is 45.6 Å². The van der Waals surface area contributed by atoms with Crippen molar-refractivity contribution in [3.63, 3.8) is 0 Å². The van der Waals surface area contributed by atoms with Gasteiger partial charge >= 0.3 is 0 Å². The Bertz CT molecular complexity index is 216. The molecule has 0 N–H and O–H groups in total. The Morgan fingerprint density at radius 2 is 1.73 bits per heavy atom. The summed E-state index contributed by atoms with van der Waals surface area (Å²) in [4.78, 5) is 0.